The lowest BCUT2D eigenvalue weighted by Gasteiger charge is -2.25. The van der Waals surface area contributed by atoms with E-state index in [0.29, 0.717) is 5.95 Å². The van der Waals surface area contributed by atoms with Gasteiger partial charge in [-0.2, -0.15) is 0 Å². The van der Waals surface area contributed by atoms with Crippen LogP contribution in [0.5, 0.6) is 5.75 Å². The fraction of sp³-hybridized carbons (Fsp3) is 0.0566. The lowest BCUT2D eigenvalue weighted by Crippen LogP contribution is -2.40. The molecule has 2 aliphatic heterocycles. The number of nitrogens with one attached hydrogen (secondary N) is 1. The van der Waals surface area contributed by atoms with Gasteiger partial charge in [-0.25, -0.2) is 20.0 Å². The summed E-state index contributed by atoms with van der Waals surface area (Å²) in [6.07, 6.45) is 6.46. The van der Waals surface area contributed by atoms with E-state index in [0.717, 1.165) is 95.0 Å². The zero-order valence-electron chi connectivity index (χ0n) is 32.2. The first-order chi connectivity index (χ1) is 29.7. The Hall–Kier alpha value is -7.90. The molecule has 60 heavy (non-hydrogen) atoms. The molecule has 2 aliphatic carbocycles. The Morgan fingerprint density at radius 1 is 0.533 bits per heavy atom. The van der Waals surface area contributed by atoms with Crippen LogP contribution in [0.15, 0.2) is 210 Å². The first kappa shape index (κ1) is 33.1. The first-order valence-corrected chi connectivity index (χ1v) is 20.3. The van der Waals surface area contributed by atoms with Crippen LogP contribution < -0.4 is 10.1 Å². The molecule has 0 radical (unpaired) electrons. The van der Waals surface area contributed by atoms with E-state index in [1.807, 2.05) is 30.3 Å². The molecule has 1 fully saturated rings. The number of benzene rings is 7. The van der Waals surface area contributed by atoms with Crippen molar-refractivity contribution in [1.29, 1.82) is 0 Å². The highest BCUT2D eigenvalue weighted by atomic mass is 16.5. The fourth-order valence-corrected chi connectivity index (χ4v) is 9.97. The maximum atomic E-state index is 6.74. The molecule has 0 bridgehead atoms. The minimum atomic E-state index is -0.826. The number of aliphatic imine (C=N–C) groups is 2. The predicted molar refractivity (Wildman–Crippen MR) is 240 cm³/mol. The molecule has 7 aromatic carbocycles. The van der Waals surface area contributed by atoms with E-state index in [-0.39, 0.29) is 5.92 Å². The van der Waals surface area contributed by atoms with Crippen molar-refractivity contribution < 1.29 is 4.74 Å². The van der Waals surface area contributed by atoms with Crippen LogP contribution in [0.2, 0.25) is 0 Å². The molecule has 1 N–H and O–H groups in total. The minimum absolute atomic E-state index is 0.0239. The lowest BCUT2D eigenvalue weighted by molar-refractivity contribution is 0.404. The summed E-state index contributed by atoms with van der Waals surface area (Å²) in [5, 5.41) is 6.89. The van der Waals surface area contributed by atoms with Gasteiger partial charge in [0.1, 0.15) is 28.6 Å². The second-order valence-corrected chi connectivity index (χ2v) is 15.9. The van der Waals surface area contributed by atoms with E-state index in [2.05, 4.69) is 174 Å². The van der Waals surface area contributed by atoms with Crippen molar-refractivity contribution in [2.45, 2.75) is 11.1 Å². The van der Waals surface area contributed by atoms with E-state index in [1.165, 1.54) is 0 Å². The first-order valence-electron chi connectivity index (χ1n) is 20.3. The second kappa shape index (κ2) is 12.3. The molecule has 2 aromatic heterocycles. The second-order valence-electron chi connectivity index (χ2n) is 15.9. The smallest absolute Gasteiger partial charge is 0.235 e. The highest BCUT2D eigenvalue weighted by Gasteiger charge is 2.84. The van der Waals surface area contributed by atoms with Crippen LogP contribution in [-0.2, 0) is 5.41 Å². The van der Waals surface area contributed by atoms with Gasteiger partial charge in [-0.3, -0.25) is 4.57 Å². The molecule has 2 atom stereocenters. The summed E-state index contributed by atoms with van der Waals surface area (Å²) in [6, 6.07) is 61.2. The average Bonchev–Trinajstić information content (AvgIpc) is 3.53. The third-order valence-corrected chi connectivity index (χ3v) is 12.7. The normalized spacial score (nSPS) is 19.2. The number of hydrogen-bond acceptors (Lipinski definition) is 6. The van der Waals surface area contributed by atoms with Gasteiger partial charge in [0.25, 0.3) is 0 Å². The summed E-state index contributed by atoms with van der Waals surface area (Å²) < 4.78 is 8.94. The molecule has 2 spiro atoms. The van der Waals surface area contributed by atoms with Gasteiger partial charge < -0.3 is 10.1 Å². The lowest BCUT2D eigenvalue weighted by atomic mass is 9.87. The monoisotopic (exact) mass is 770 g/mol. The average molecular weight is 771 g/mol. The van der Waals surface area contributed by atoms with Gasteiger partial charge in [0.2, 0.25) is 5.95 Å². The molecule has 2 unspecified atom stereocenters. The van der Waals surface area contributed by atoms with Crippen molar-refractivity contribution in [3.63, 3.8) is 0 Å². The van der Waals surface area contributed by atoms with Crippen LogP contribution in [-0.4, -0.2) is 31.9 Å². The van der Waals surface area contributed by atoms with Crippen molar-refractivity contribution in [2.75, 3.05) is 0 Å². The largest absolute Gasteiger partial charge is 0.460 e. The third kappa shape index (κ3) is 4.54. The van der Waals surface area contributed by atoms with Gasteiger partial charge in [0.15, 0.2) is 5.66 Å². The van der Waals surface area contributed by atoms with Gasteiger partial charge in [-0.05, 0) is 53.6 Å². The highest BCUT2D eigenvalue weighted by Crippen LogP contribution is 2.76. The molecule has 9 aromatic rings. The molecule has 4 aliphatic rings. The summed E-state index contributed by atoms with van der Waals surface area (Å²) in [4.78, 5) is 21.5. The van der Waals surface area contributed by atoms with Crippen molar-refractivity contribution >= 4 is 44.4 Å². The zero-order valence-corrected chi connectivity index (χ0v) is 32.2. The number of aromatic nitrogens is 3. The molecule has 1 saturated carbocycles. The number of allylic oxidation sites excluding steroid dienone is 2. The van der Waals surface area contributed by atoms with E-state index < -0.39 is 11.1 Å². The Morgan fingerprint density at radius 3 is 1.90 bits per heavy atom. The number of ether oxygens (including phenoxy) is 1. The van der Waals surface area contributed by atoms with Gasteiger partial charge in [-0.15, -0.1) is 0 Å². The van der Waals surface area contributed by atoms with Crippen LogP contribution in [0.3, 0.4) is 0 Å². The van der Waals surface area contributed by atoms with Crippen molar-refractivity contribution in [1.82, 2.24) is 19.9 Å². The molecular formula is C53H34N6O. The Labute approximate surface area is 345 Å². The predicted octanol–water partition coefficient (Wildman–Crippen LogP) is 11.0. The molecule has 13 rings (SSSR count). The molecule has 7 heteroatoms. The molecule has 0 saturated heterocycles. The van der Waals surface area contributed by atoms with Crippen molar-refractivity contribution in [2.24, 2.45) is 15.9 Å². The summed E-state index contributed by atoms with van der Waals surface area (Å²) >= 11 is 0. The minimum Gasteiger partial charge on any atom is -0.460 e. The number of para-hydroxylation sites is 2. The summed E-state index contributed by atoms with van der Waals surface area (Å²) in [7, 11) is 0. The van der Waals surface area contributed by atoms with Crippen LogP contribution >= 0.6 is 0 Å². The van der Waals surface area contributed by atoms with Gasteiger partial charge in [-0.1, -0.05) is 152 Å². The summed E-state index contributed by atoms with van der Waals surface area (Å²) in [6.45, 7) is 0. The highest BCUT2D eigenvalue weighted by molar-refractivity contribution is 6.17. The number of hydrogen-bond donors (Lipinski definition) is 1. The number of rotatable bonds is 5. The van der Waals surface area contributed by atoms with Gasteiger partial charge >= 0.3 is 0 Å². The summed E-state index contributed by atoms with van der Waals surface area (Å²) in [5.41, 5.74) is 8.90. The Bertz CT molecular complexity index is 3330. The van der Waals surface area contributed by atoms with Crippen LogP contribution in [0.25, 0.3) is 61.0 Å². The quantitative estimate of drug-likeness (QED) is 0.189. The maximum Gasteiger partial charge on any atom is 0.235 e. The molecule has 282 valence electrons. The standard InChI is InChI=1S/C53H34N6O/c1-4-15-33(16-5-1)48-39-22-10-12-23-42(39)54-51(55-48)59-43-24-13-11-21-38(43)40-31-36(27-29-44(40)59)37-28-30-45-41(32-37)52-46(25-14-26-47(52)60-45)53(52)57-49(34-17-6-2-7-18-34)56-50(58-53)35-19-8-3-9-20-35/h1-32,46H,(H,56,57,58). The fourth-order valence-electron chi connectivity index (χ4n) is 9.97. The molecule has 4 heterocycles. The Kier molecular flexibility index (Phi) is 6.79. The van der Waals surface area contributed by atoms with E-state index in [4.69, 9.17) is 24.7 Å². The Morgan fingerprint density at radius 2 is 1.15 bits per heavy atom. The summed E-state index contributed by atoms with van der Waals surface area (Å²) in [5.74, 6) is 3.96. The Balaban J connectivity index is 0.970. The molecular weight excluding hydrogens is 737 g/mol. The van der Waals surface area contributed by atoms with Crippen LogP contribution in [0, 0.1) is 5.92 Å². The SMILES string of the molecule is C1=CC2C3(N=C(c4ccccc4)NC(c4ccccc4)=N3)C23C(=C1)Oc1ccc(-c2ccc4c(c2)c2ccccc2n4-c2nc(-c4ccccc4)c4ccccc4n2)cc13. The number of nitrogens with zero attached hydrogens (tertiary/aromatic N) is 5. The zero-order chi connectivity index (χ0) is 39.4. The molecule has 7 nitrogen and oxygen atoms in total. The molecule has 0 amide bonds. The van der Waals surface area contributed by atoms with Crippen LogP contribution in [0.4, 0.5) is 0 Å². The number of amidine groups is 2. The van der Waals surface area contributed by atoms with E-state index >= 15 is 0 Å². The van der Waals surface area contributed by atoms with Crippen LogP contribution in [0.1, 0.15) is 16.7 Å². The maximum absolute atomic E-state index is 6.74. The topological polar surface area (TPSA) is 76.7 Å². The van der Waals surface area contributed by atoms with E-state index in [9.17, 15) is 0 Å². The van der Waals surface area contributed by atoms with Crippen molar-refractivity contribution in [3.8, 4) is 34.1 Å². The van der Waals surface area contributed by atoms with Gasteiger partial charge in [0, 0.05) is 44.3 Å². The van der Waals surface area contributed by atoms with E-state index in [1.54, 1.807) is 0 Å². The van der Waals surface area contributed by atoms with Crippen molar-refractivity contribution in [3.05, 3.63) is 217 Å². The van der Waals surface area contributed by atoms with Gasteiger partial charge in [0.05, 0.1) is 22.2 Å². The third-order valence-electron chi connectivity index (χ3n) is 12.7. The number of fused-ring (bicyclic) bond motifs is 6.